The molecule has 0 fully saturated rings. The first-order valence-electron chi connectivity index (χ1n) is 3.42. The molecule has 0 N–H and O–H groups in total. The number of benzene rings is 1. The monoisotopic (exact) mass is 259 g/mol. The number of hydrogen-bond donors (Lipinski definition) is 0. The van der Waals surface area contributed by atoms with Crippen molar-refractivity contribution in [2.75, 3.05) is 0 Å². The van der Waals surface area contributed by atoms with Crippen molar-refractivity contribution in [1.82, 2.24) is 0 Å². The van der Waals surface area contributed by atoms with E-state index in [4.69, 9.17) is 0 Å². The second-order valence-corrected chi connectivity index (χ2v) is 3.81. The Hall–Kier alpha value is -1.71. The number of rotatable bonds is 2. The number of hydrogen-bond acceptors (Lipinski definition) is 4. The van der Waals surface area contributed by atoms with Gasteiger partial charge in [0.2, 0.25) is 4.90 Å². The van der Waals surface area contributed by atoms with E-state index >= 15 is 0 Å². The maximum absolute atomic E-state index is 12.8. The van der Waals surface area contributed by atoms with Gasteiger partial charge >= 0.3 is 10.2 Å². The average Bonchev–Trinajstić information content (AvgIpc) is 2.10. The van der Waals surface area contributed by atoms with Crippen LogP contribution >= 0.6 is 0 Å². The van der Waals surface area contributed by atoms with Gasteiger partial charge in [0.05, 0.1) is 11.0 Å². The van der Waals surface area contributed by atoms with E-state index in [1.165, 1.54) is 0 Å². The summed E-state index contributed by atoms with van der Waals surface area (Å²) in [6.07, 6.45) is 0. The van der Waals surface area contributed by atoms with Gasteiger partial charge in [0.15, 0.2) is 17.5 Å². The van der Waals surface area contributed by atoms with Crippen LogP contribution in [0.15, 0.2) is 11.0 Å². The topological polar surface area (TPSA) is 77.3 Å². The number of halogens is 4. The summed E-state index contributed by atoms with van der Waals surface area (Å²) in [6, 6.07) is -0.217. The van der Waals surface area contributed by atoms with E-state index in [1.807, 2.05) is 0 Å². The molecule has 0 aliphatic carbocycles. The molecule has 88 valence electrons. The smallest absolute Gasteiger partial charge is 0.258 e. The van der Waals surface area contributed by atoms with E-state index in [0.29, 0.717) is 0 Å². The second-order valence-electron chi connectivity index (χ2n) is 2.53. The van der Waals surface area contributed by atoms with Crippen LogP contribution in [0.5, 0.6) is 0 Å². The van der Waals surface area contributed by atoms with Gasteiger partial charge in [0, 0.05) is 0 Å². The fourth-order valence-corrected chi connectivity index (χ4v) is 1.62. The third-order valence-corrected chi connectivity index (χ3v) is 2.41. The standard InChI is InChI=1S/C6HF4NO4S/c7-2-1-3(11(12)13)6(16(10,14)15)5(9)4(2)8/h1H. The van der Waals surface area contributed by atoms with Crippen LogP contribution in [0.2, 0.25) is 0 Å². The van der Waals surface area contributed by atoms with Crippen LogP contribution in [-0.4, -0.2) is 13.3 Å². The summed E-state index contributed by atoms with van der Waals surface area (Å²) in [5, 5.41) is 10.2. The first kappa shape index (κ1) is 12.4. The van der Waals surface area contributed by atoms with Crippen molar-refractivity contribution in [1.29, 1.82) is 0 Å². The lowest BCUT2D eigenvalue weighted by molar-refractivity contribution is -0.388. The Kier molecular flexibility index (Phi) is 2.86. The Morgan fingerprint density at radius 3 is 2.06 bits per heavy atom. The van der Waals surface area contributed by atoms with Gasteiger partial charge < -0.3 is 0 Å². The summed E-state index contributed by atoms with van der Waals surface area (Å²) in [5.41, 5.74) is -1.71. The van der Waals surface area contributed by atoms with Gasteiger partial charge in [-0.25, -0.2) is 13.2 Å². The normalized spacial score (nSPS) is 11.5. The summed E-state index contributed by atoms with van der Waals surface area (Å²) in [7, 11) is -5.87. The lowest BCUT2D eigenvalue weighted by Gasteiger charge is -2.01. The molecular weight excluding hydrogens is 258 g/mol. The Labute approximate surface area is 85.7 Å². The third kappa shape index (κ3) is 1.96. The summed E-state index contributed by atoms with van der Waals surface area (Å²) in [5.74, 6) is -6.76. The SMILES string of the molecule is O=[N+]([O-])c1cc(F)c(F)c(F)c1S(=O)(=O)F. The molecule has 0 bridgehead atoms. The van der Waals surface area contributed by atoms with Gasteiger partial charge in [-0.2, -0.15) is 8.42 Å². The van der Waals surface area contributed by atoms with Crippen LogP contribution in [0, 0.1) is 27.6 Å². The molecule has 0 amide bonds. The highest BCUT2D eigenvalue weighted by Gasteiger charge is 2.34. The molecule has 0 atom stereocenters. The van der Waals surface area contributed by atoms with Crippen LogP contribution in [0.1, 0.15) is 0 Å². The molecule has 16 heavy (non-hydrogen) atoms. The minimum atomic E-state index is -5.87. The minimum Gasteiger partial charge on any atom is -0.258 e. The van der Waals surface area contributed by atoms with Crippen molar-refractivity contribution < 1.29 is 30.4 Å². The van der Waals surface area contributed by atoms with Gasteiger partial charge in [-0.1, -0.05) is 3.89 Å². The molecule has 1 rings (SSSR count). The quantitative estimate of drug-likeness (QED) is 0.266. The maximum atomic E-state index is 12.8. The van der Waals surface area contributed by atoms with Crippen molar-refractivity contribution in [2.24, 2.45) is 0 Å². The van der Waals surface area contributed by atoms with Gasteiger partial charge in [0.1, 0.15) is 0 Å². The second kappa shape index (κ2) is 3.70. The highest BCUT2D eigenvalue weighted by molar-refractivity contribution is 7.86. The summed E-state index contributed by atoms with van der Waals surface area (Å²) < 4.78 is 71.1. The average molecular weight is 259 g/mol. The molecule has 10 heteroatoms. The van der Waals surface area contributed by atoms with Crippen LogP contribution in [-0.2, 0) is 10.2 Å². The number of nitro benzene ring substituents is 1. The zero-order chi connectivity index (χ0) is 12.7. The Morgan fingerprint density at radius 1 is 1.19 bits per heavy atom. The molecule has 0 heterocycles. The summed E-state index contributed by atoms with van der Waals surface area (Å²) in [6.45, 7) is 0. The molecule has 5 nitrogen and oxygen atoms in total. The molecule has 0 radical (unpaired) electrons. The molecule has 0 saturated carbocycles. The predicted octanol–water partition coefficient (Wildman–Crippen LogP) is 1.67. The van der Waals surface area contributed by atoms with Gasteiger partial charge in [-0.3, -0.25) is 10.1 Å². The van der Waals surface area contributed by atoms with E-state index in [2.05, 4.69) is 0 Å². The largest absolute Gasteiger partial charge is 0.342 e. The molecule has 0 aromatic heterocycles. The van der Waals surface area contributed by atoms with Crippen molar-refractivity contribution in [2.45, 2.75) is 4.90 Å². The molecule has 0 spiro atoms. The Morgan fingerprint density at radius 2 is 1.69 bits per heavy atom. The molecule has 1 aromatic rings. The highest BCUT2D eigenvalue weighted by Crippen LogP contribution is 2.31. The van der Waals surface area contributed by atoms with E-state index in [0.717, 1.165) is 0 Å². The van der Waals surface area contributed by atoms with Crippen molar-refractivity contribution in [3.63, 3.8) is 0 Å². The van der Waals surface area contributed by atoms with E-state index in [1.54, 1.807) is 0 Å². The molecule has 0 aliphatic heterocycles. The Balaban J connectivity index is 3.83. The molecular formula is C6HF4NO4S. The van der Waals surface area contributed by atoms with Crippen LogP contribution in [0.25, 0.3) is 0 Å². The zero-order valence-corrected chi connectivity index (χ0v) is 7.89. The van der Waals surface area contributed by atoms with Crippen molar-refractivity contribution >= 4 is 15.9 Å². The number of nitro groups is 1. The minimum absolute atomic E-state index is 0.217. The fraction of sp³-hybridized carbons (Fsp3) is 0. The van der Waals surface area contributed by atoms with Crippen molar-refractivity contribution in [3.8, 4) is 0 Å². The van der Waals surface area contributed by atoms with Crippen LogP contribution in [0.3, 0.4) is 0 Å². The third-order valence-electron chi connectivity index (χ3n) is 1.54. The van der Waals surface area contributed by atoms with Gasteiger partial charge in [-0.05, 0) is 0 Å². The predicted molar refractivity (Wildman–Crippen MR) is 41.3 cm³/mol. The molecule has 0 saturated heterocycles. The Bertz CT molecular complexity index is 570. The molecule has 0 aliphatic rings. The van der Waals surface area contributed by atoms with E-state index < -0.39 is 43.2 Å². The first-order chi connectivity index (χ1) is 7.16. The van der Waals surface area contributed by atoms with Gasteiger partial charge in [-0.15, -0.1) is 0 Å². The summed E-state index contributed by atoms with van der Waals surface area (Å²) in [4.78, 5) is 6.53. The fourth-order valence-electron chi connectivity index (χ4n) is 0.933. The molecule has 0 unspecified atom stereocenters. The van der Waals surface area contributed by atoms with E-state index in [9.17, 15) is 35.6 Å². The lowest BCUT2D eigenvalue weighted by Crippen LogP contribution is -2.07. The summed E-state index contributed by atoms with van der Waals surface area (Å²) >= 11 is 0. The maximum Gasteiger partial charge on any atom is 0.342 e. The highest BCUT2D eigenvalue weighted by atomic mass is 32.3. The van der Waals surface area contributed by atoms with Gasteiger partial charge in [0.25, 0.3) is 5.69 Å². The number of nitrogens with zero attached hydrogens (tertiary/aromatic N) is 1. The lowest BCUT2D eigenvalue weighted by atomic mass is 10.3. The molecule has 1 aromatic carbocycles. The van der Waals surface area contributed by atoms with E-state index in [-0.39, 0.29) is 6.07 Å². The first-order valence-corrected chi connectivity index (χ1v) is 4.81. The van der Waals surface area contributed by atoms with Crippen LogP contribution in [0.4, 0.5) is 22.7 Å². The van der Waals surface area contributed by atoms with Crippen molar-refractivity contribution in [3.05, 3.63) is 33.6 Å². The zero-order valence-electron chi connectivity index (χ0n) is 7.08. The van der Waals surface area contributed by atoms with Crippen LogP contribution < -0.4 is 0 Å².